The molecule has 9 rings (SSSR count). The molecule has 5 heterocycles. The largest absolute Gasteiger partial charge is 0.394 e. The maximum absolute atomic E-state index is 11.6. The van der Waals surface area contributed by atoms with Gasteiger partial charge in [-0.05, 0) is 111 Å². The minimum atomic E-state index is -1.83. The molecule has 16 nitrogen and oxygen atoms in total. The van der Waals surface area contributed by atoms with E-state index in [1.54, 1.807) is 0 Å². The van der Waals surface area contributed by atoms with Crippen LogP contribution in [0.1, 0.15) is 92.4 Å². The van der Waals surface area contributed by atoms with Gasteiger partial charge in [0.05, 0.1) is 25.4 Å². The molecule has 5 aliphatic heterocycles. The van der Waals surface area contributed by atoms with Crippen molar-refractivity contribution in [1.82, 2.24) is 4.90 Å². The fourth-order valence-corrected chi connectivity index (χ4v) is 14.7. The number of ether oxygens (including phenoxy) is 6. The smallest absolute Gasteiger partial charge is 0.187 e. The van der Waals surface area contributed by atoms with Gasteiger partial charge in [0, 0.05) is 18.6 Å². The minimum absolute atomic E-state index is 0.00462. The van der Waals surface area contributed by atoms with E-state index >= 15 is 0 Å². The second kappa shape index (κ2) is 17.1. The lowest BCUT2D eigenvalue weighted by molar-refractivity contribution is -0.394. The van der Waals surface area contributed by atoms with Crippen LogP contribution < -0.4 is 0 Å². The molecule has 9 aliphatic rings. The Morgan fingerprint density at radius 1 is 0.672 bits per heavy atom. The van der Waals surface area contributed by atoms with Gasteiger partial charge in [-0.25, -0.2) is 0 Å². The van der Waals surface area contributed by atoms with E-state index in [1.165, 1.54) is 51.1 Å². The average Bonchev–Trinajstić information content (AvgIpc) is 3.71. The molecule has 0 unspecified atom stereocenters. The molecule has 8 fully saturated rings. The average molecular weight is 868 g/mol. The summed E-state index contributed by atoms with van der Waals surface area (Å²) in [4.78, 5) is 2.94. The Morgan fingerprint density at radius 2 is 1.33 bits per heavy atom. The molecule has 0 amide bonds. The fraction of sp³-hybridized carbons (Fsp3) is 0.956. The highest BCUT2D eigenvalue weighted by Crippen LogP contribution is 2.70. The monoisotopic (exact) mass is 867 g/mol. The lowest BCUT2D eigenvalue weighted by Crippen LogP contribution is -2.67. The number of rotatable bonds is 8. The zero-order valence-electron chi connectivity index (χ0n) is 36.3. The lowest BCUT2D eigenvalue weighted by atomic mass is 9.47. The van der Waals surface area contributed by atoms with Crippen LogP contribution in [0.3, 0.4) is 0 Å². The zero-order valence-corrected chi connectivity index (χ0v) is 36.3. The third-order valence-corrected chi connectivity index (χ3v) is 18.0. The topological polar surface area (TPSA) is 241 Å². The molecule has 0 spiro atoms. The number of aliphatic hydroxyl groups excluding tert-OH is 9. The van der Waals surface area contributed by atoms with Crippen LogP contribution in [0, 0.1) is 46.3 Å². The van der Waals surface area contributed by atoms with Crippen LogP contribution in [0.5, 0.6) is 0 Å². The molecule has 0 aromatic carbocycles. The Kier molecular flexibility index (Phi) is 12.7. The highest BCUT2D eigenvalue weighted by atomic mass is 16.8. The van der Waals surface area contributed by atoms with Gasteiger partial charge in [-0.3, -0.25) is 4.90 Å². The molecule has 0 bridgehead atoms. The summed E-state index contributed by atoms with van der Waals surface area (Å²) in [5, 5.41) is 95.8. The van der Waals surface area contributed by atoms with E-state index in [9.17, 15) is 46.0 Å². The molecule has 4 aliphatic carbocycles. The molecule has 61 heavy (non-hydrogen) atoms. The Hall–Kier alpha value is -0.900. The highest BCUT2D eigenvalue weighted by Gasteiger charge is 2.66. The quantitative estimate of drug-likeness (QED) is 0.148. The first-order chi connectivity index (χ1) is 29.0. The molecular formula is C45H73NO15. The van der Waals surface area contributed by atoms with Crippen LogP contribution >= 0.6 is 0 Å². The Morgan fingerprint density at radius 3 is 2.05 bits per heavy atom. The number of hydrogen-bond donors (Lipinski definition) is 9. The summed E-state index contributed by atoms with van der Waals surface area (Å²) in [5.74, 6) is 4.15. The van der Waals surface area contributed by atoms with Crippen molar-refractivity contribution in [2.45, 2.75) is 203 Å². The summed E-state index contributed by atoms with van der Waals surface area (Å²) in [6.07, 6.45) is -11.1. The van der Waals surface area contributed by atoms with E-state index in [1.807, 2.05) is 0 Å². The molecule has 348 valence electrons. The summed E-state index contributed by atoms with van der Waals surface area (Å²) < 4.78 is 36.8. The number of fused-ring (bicyclic) bond motifs is 9. The SMILES string of the molecule is C[C@@H]1CC[C@H]2[C@H](C)[C@@H]3[C@@H](C[C@@H]4[C@H]5CC=C6C[C@@H](O[C@H]7O[C@@H](CO)[C@H](O)[C@@H](O[C@@H]8O[C@H](CO)[C@H](O)[C@H](O)[C@@H]8O)[C@@H]7O[C@@H]7O[C@H](C)[C@@H](O)[C@H](O)[C@@H]7O)CC[C@@]6(C)[C@@H]5CC[C@@]34C)N2C1. The van der Waals surface area contributed by atoms with E-state index in [0.29, 0.717) is 42.1 Å². The van der Waals surface area contributed by atoms with Crippen LogP contribution in [0.2, 0.25) is 0 Å². The van der Waals surface area contributed by atoms with E-state index in [2.05, 4.69) is 38.7 Å². The van der Waals surface area contributed by atoms with Gasteiger partial charge in [-0.2, -0.15) is 0 Å². The number of piperidine rings is 1. The summed E-state index contributed by atoms with van der Waals surface area (Å²) >= 11 is 0. The number of hydrogen-bond acceptors (Lipinski definition) is 16. The Labute approximate surface area is 359 Å². The maximum atomic E-state index is 11.6. The van der Waals surface area contributed by atoms with E-state index in [0.717, 1.165) is 36.6 Å². The normalized spacial score (nSPS) is 57.3. The van der Waals surface area contributed by atoms with E-state index < -0.39 is 105 Å². The first kappa shape index (κ1) is 45.3. The van der Waals surface area contributed by atoms with Crippen molar-refractivity contribution in [3.05, 3.63) is 11.6 Å². The predicted octanol–water partition coefficient (Wildman–Crippen LogP) is 0.155. The van der Waals surface area contributed by atoms with Crippen molar-refractivity contribution >= 4 is 0 Å². The molecule has 0 aromatic heterocycles. The van der Waals surface area contributed by atoms with E-state index in [4.69, 9.17) is 28.4 Å². The van der Waals surface area contributed by atoms with Gasteiger partial charge in [0.2, 0.25) is 0 Å². The van der Waals surface area contributed by atoms with Crippen molar-refractivity contribution in [3.8, 4) is 0 Å². The fourth-order valence-electron chi connectivity index (χ4n) is 14.7. The first-order valence-electron chi connectivity index (χ1n) is 23.4. The van der Waals surface area contributed by atoms with Gasteiger partial charge in [-0.1, -0.05) is 39.3 Å². The first-order valence-corrected chi connectivity index (χ1v) is 23.4. The van der Waals surface area contributed by atoms with Crippen LogP contribution in [0.25, 0.3) is 0 Å². The van der Waals surface area contributed by atoms with Gasteiger partial charge in [0.15, 0.2) is 18.9 Å². The molecule has 9 N–H and O–H groups in total. The van der Waals surface area contributed by atoms with Crippen molar-refractivity contribution in [2.75, 3.05) is 19.8 Å². The van der Waals surface area contributed by atoms with Crippen molar-refractivity contribution in [2.24, 2.45) is 46.3 Å². The molecule has 3 saturated carbocycles. The number of aliphatic hydroxyl groups is 9. The van der Waals surface area contributed by atoms with Crippen molar-refractivity contribution < 1.29 is 74.4 Å². The number of allylic oxidation sites excluding steroid dienone is 1. The van der Waals surface area contributed by atoms with Gasteiger partial charge in [-0.15, -0.1) is 0 Å². The molecule has 0 aromatic rings. The molecule has 16 heteroatoms. The summed E-state index contributed by atoms with van der Waals surface area (Å²) in [6, 6.07) is 1.43. The lowest BCUT2D eigenvalue weighted by Gasteiger charge is -2.58. The summed E-state index contributed by atoms with van der Waals surface area (Å²) in [7, 11) is 0. The van der Waals surface area contributed by atoms with Gasteiger partial charge in [0.25, 0.3) is 0 Å². The highest BCUT2D eigenvalue weighted by molar-refractivity contribution is 5.27. The minimum Gasteiger partial charge on any atom is -0.394 e. The van der Waals surface area contributed by atoms with Crippen LogP contribution in [0.4, 0.5) is 0 Å². The molecule has 0 radical (unpaired) electrons. The number of nitrogens with zero attached hydrogens (tertiary/aromatic N) is 1. The van der Waals surface area contributed by atoms with Gasteiger partial charge < -0.3 is 74.4 Å². The standard InChI is InChI=1S/C45H73NO15/c1-19-6-9-27-20(2)31-28(46(27)16-19)15-26-24-8-7-22-14-23(10-12-44(22,4)25(24)11-13-45(26,31)5)57-43-40(61-41-37(54)35(52)32(49)21(3)56-41)39(34(51)30(18-48)59-43)60-42-38(55)36(53)33(50)29(17-47)58-42/h7,19-21,23-43,47-55H,6,8-18H2,1-5H3/t19-,20+,21-,23+,24+,25-,26-,27+,28-,29-,30+,31-,32-,33+,34+,35+,36+,37+,38+,39-,40+,41+,42+,43+,44-,45-/m1/s1. The Balaban J connectivity index is 0.952. The van der Waals surface area contributed by atoms with Crippen LogP contribution in [0.15, 0.2) is 11.6 Å². The molecular weight excluding hydrogens is 794 g/mol. The van der Waals surface area contributed by atoms with Crippen LogP contribution in [-0.2, 0) is 28.4 Å². The van der Waals surface area contributed by atoms with Gasteiger partial charge in [0.1, 0.15) is 67.1 Å². The third-order valence-electron chi connectivity index (χ3n) is 18.0. The second-order valence-corrected chi connectivity index (χ2v) is 21.2. The zero-order chi connectivity index (χ0) is 43.4. The Bertz CT molecular complexity index is 1590. The maximum Gasteiger partial charge on any atom is 0.187 e. The van der Waals surface area contributed by atoms with E-state index in [-0.39, 0.29) is 11.5 Å². The summed E-state index contributed by atoms with van der Waals surface area (Å²) in [6.45, 7) is 11.4. The molecule has 26 atom stereocenters. The molecule has 5 saturated heterocycles. The van der Waals surface area contributed by atoms with Crippen LogP contribution in [-0.4, -0.2) is 181 Å². The second-order valence-electron chi connectivity index (χ2n) is 21.2. The third kappa shape index (κ3) is 7.42. The van der Waals surface area contributed by atoms with Crippen molar-refractivity contribution in [3.63, 3.8) is 0 Å². The predicted molar refractivity (Wildman–Crippen MR) is 215 cm³/mol. The van der Waals surface area contributed by atoms with Crippen molar-refractivity contribution in [1.29, 1.82) is 0 Å². The van der Waals surface area contributed by atoms with Gasteiger partial charge >= 0.3 is 0 Å². The summed E-state index contributed by atoms with van der Waals surface area (Å²) in [5.41, 5.74) is 1.72.